The quantitative estimate of drug-likeness (QED) is 0.765. The number of likely N-dealkylation sites (tertiary alicyclic amines) is 1. The maximum absolute atomic E-state index is 5.79. The third-order valence-corrected chi connectivity index (χ3v) is 5.63. The Hall–Kier alpha value is -1.47. The fourth-order valence-electron chi connectivity index (χ4n) is 3.99. The zero-order chi connectivity index (χ0) is 17.2. The number of ether oxygens (including phenoxy) is 1. The number of rotatable bonds is 5. The van der Waals surface area contributed by atoms with E-state index in [0.29, 0.717) is 18.5 Å². The molecule has 0 bridgehead atoms. The summed E-state index contributed by atoms with van der Waals surface area (Å²) >= 11 is 3.34. The molecular weight excluding hydrogens is 382 g/mol. The molecule has 2 aromatic heterocycles. The Kier molecular flexibility index (Phi) is 5.03. The van der Waals surface area contributed by atoms with Crippen LogP contribution in [-0.2, 0) is 26.4 Å². The van der Waals surface area contributed by atoms with Crippen molar-refractivity contribution in [3.63, 3.8) is 0 Å². The fourth-order valence-corrected chi connectivity index (χ4v) is 4.20. The smallest absolute Gasteiger partial charge is 0.316 e. The maximum atomic E-state index is 5.79. The molecule has 0 aromatic carbocycles. The van der Waals surface area contributed by atoms with Gasteiger partial charge in [-0.2, -0.15) is 5.10 Å². The minimum absolute atomic E-state index is 0.463. The Labute approximate surface area is 156 Å². The van der Waals surface area contributed by atoms with Crippen LogP contribution in [0.15, 0.2) is 16.9 Å². The van der Waals surface area contributed by atoms with Crippen LogP contribution in [-0.4, -0.2) is 44.3 Å². The summed E-state index contributed by atoms with van der Waals surface area (Å²) in [6.07, 6.45) is 9.46. The lowest BCUT2D eigenvalue weighted by Gasteiger charge is -2.32. The summed E-state index contributed by atoms with van der Waals surface area (Å²) in [4.78, 5) is 10.9. The van der Waals surface area contributed by atoms with Crippen LogP contribution >= 0.6 is 15.9 Å². The number of aromatic nitrogens is 4. The second kappa shape index (κ2) is 7.41. The van der Waals surface area contributed by atoms with Gasteiger partial charge >= 0.3 is 6.01 Å². The van der Waals surface area contributed by atoms with Gasteiger partial charge in [-0.15, -0.1) is 0 Å². The number of aryl methyl sites for hydroxylation is 2. The summed E-state index contributed by atoms with van der Waals surface area (Å²) in [7, 11) is 2.09. The second-order valence-electron chi connectivity index (χ2n) is 7.09. The van der Waals surface area contributed by atoms with Crippen molar-refractivity contribution in [2.45, 2.75) is 38.6 Å². The molecule has 1 aliphatic carbocycles. The summed E-state index contributed by atoms with van der Waals surface area (Å²) in [5.41, 5.74) is 4.23. The van der Waals surface area contributed by atoms with Crippen LogP contribution in [0.4, 0.5) is 0 Å². The monoisotopic (exact) mass is 405 g/mol. The number of hydrogen-bond acceptors (Lipinski definition) is 5. The molecular formula is C18H24BrN5O. The summed E-state index contributed by atoms with van der Waals surface area (Å²) in [6, 6.07) is 0.463. The van der Waals surface area contributed by atoms with Gasteiger partial charge in [-0.1, -0.05) is 0 Å². The molecule has 25 heavy (non-hydrogen) atoms. The van der Waals surface area contributed by atoms with Gasteiger partial charge in [-0.3, -0.25) is 9.58 Å². The lowest BCUT2D eigenvalue weighted by Crippen LogP contribution is -2.38. The second-order valence-corrected chi connectivity index (χ2v) is 8.00. The molecule has 0 radical (unpaired) electrons. The Morgan fingerprint density at radius 3 is 2.92 bits per heavy atom. The first-order valence-corrected chi connectivity index (χ1v) is 9.84. The lowest BCUT2D eigenvalue weighted by molar-refractivity contribution is 0.118. The highest BCUT2D eigenvalue weighted by Gasteiger charge is 2.25. The van der Waals surface area contributed by atoms with E-state index >= 15 is 0 Å². The molecule has 134 valence electrons. The van der Waals surface area contributed by atoms with Crippen LogP contribution < -0.4 is 4.74 Å². The van der Waals surface area contributed by atoms with Crippen molar-refractivity contribution < 1.29 is 4.74 Å². The third kappa shape index (κ3) is 3.87. The molecule has 1 fully saturated rings. The Balaban J connectivity index is 1.34. The number of nitrogens with zero attached hydrogens (tertiary/aromatic N) is 5. The first-order valence-electron chi connectivity index (χ1n) is 9.05. The van der Waals surface area contributed by atoms with Crippen LogP contribution in [0.2, 0.25) is 0 Å². The predicted molar refractivity (Wildman–Crippen MR) is 98.5 cm³/mol. The van der Waals surface area contributed by atoms with Gasteiger partial charge < -0.3 is 4.74 Å². The summed E-state index contributed by atoms with van der Waals surface area (Å²) in [5.74, 6) is 0.530. The highest BCUT2D eigenvalue weighted by atomic mass is 79.9. The van der Waals surface area contributed by atoms with E-state index < -0.39 is 0 Å². The molecule has 0 saturated carbocycles. The molecule has 6 nitrogen and oxygen atoms in total. The van der Waals surface area contributed by atoms with Gasteiger partial charge in [0.2, 0.25) is 0 Å². The van der Waals surface area contributed by atoms with Gasteiger partial charge in [0.1, 0.15) is 0 Å². The molecule has 3 heterocycles. The van der Waals surface area contributed by atoms with Crippen molar-refractivity contribution in [1.82, 2.24) is 24.6 Å². The van der Waals surface area contributed by atoms with Crippen LogP contribution in [0.1, 0.15) is 36.2 Å². The molecule has 0 spiro atoms. The van der Waals surface area contributed by atoms with Crippen LogP contribution in [0, 0.1) is 5.92 Å². The molecule has 0 amide bonds. The summed E-state index contributed by atoms with van der Waals surface area (Å²) in [5, 5.41) is 4.70. The van der Waals surface area contributed by atoms with Crippen LogP contribution in [0.3, 0.4) is 0 Å². The van der Waals surface area contributed by atoms with Gasteiger partial charge in [0.05, 0.1) is 22.5 Å². The molecule has 4 rings (SSSR count). The predicted octanol–water partition coefficient (Wildman–Crippen LogP) is 2.75. The van der Waals surface area contributed by atoms with Gasteiger partial charge in [0.15, 0.2) is 0 Å². The fraction of sp³-hybridized carbons (Fsp3) is 0.611. The van der Waals surface area contributed by atoms with E-state index in [1.165, 1.54) is 42.6 Å². The third-order valence-electron chi connectivity index (χ3n) is 5.22. The standard InChI is InChI=1S/C18H24BrN5O/c1-23-17(15-5-2-6-16(15)22-23)11-24-7-3-4-13(10-24)12-25-18-20-8-14(19)9-21-18/h8-9,13H,2-7,10-12H2,1H3. The van der Waals surface area contributed by atoms with E-state index in [1.807, 2.05) is 0 Å². The average molecular weight is 406 g/mol. The normalized spacial score (nSPS) is 20.6. The summed E-state index contributed by atoms with van der Waals surface area (Å²) < 4.78 is 8.76. The summed E-state index contributed by atoms with van der Waals surface area (Å²) in [6.45, 7) is 3.91. The highest BCUT2D eigenvalue weighted by Crippen LogP contribution is 2.27. The van der Waals surface area contributed by atoms with E-state index in [4.69, 9.17) is 9.84 Å². The first kappa shape index (κ1) is 17.0. The molecule has 7 heteroatoms. The average Bonchev–Trinajstić information content (AvgIpc) is 3.17. The molecule has 1 unspecified atom stereocenters. The zero-order valence-electron chi connectivity index (χ0n) is 14.6. The molecule has 1 atom stereocenters. The van der Waals surface area contributed by atoms with Crippen LogP contribution in [0.25, 0.3) is 0 Å². The number of piperidine rings is 1. The van der Waals surface area contributed by atoms with Gasteiger partial charge in [0.25, 0.3) is 0 Å². The van der Waals surface area contributed by atoms with Crippen molar-refractivity contribution in [3.05, 3.63) is 33.8 Å². The van der Waals surface area contributed by atoms with E-state index in [2.05, 4.69) is 42.5 Å². The number of halogens is 1. The minimum atomic E-state index is 0.463. The van der Waals surface area contributed by atoms with Crippen molar-refractivity contribution in [1.29, 1.82) is 0 Å². The van der Waals surface area contributed by atoms with Crippen molar-refractivity contribution in [2.24, 2.45) is 13.0 Å². The SMILES string of the molecule is Cn1nc2c(c1CN1CCCC(COc3ncc(Br)cn3)C1)CCC2. The first-order chi connectivity index (χ1) is 12.2. The van der Waals surface area contributed by atoms with Crippen LogP contribution in [0.5, 0.6) is 6.01 Å². The minimum Gasteiger partial charge on any atom is -0.463 e. The number of hydrogen-bond donors (Lipinski definition) is 0. The molecule has 2 aromatic rings. The Morgan fingerprint density at radius 2 is 2.08 bits per heavy atom. The lowest BCUT2D eigenvalue weighted by atomic mass is 9.98. The van der Waals surface area contributed by atoms with E-state index in [-0.39, 0.29) is 0 Å². The van der Waals surface area contributed by atoms with Gasteiger partial charge in [0, 0.05) is 38.4 Å². The number of fused-ring (bicyclic) bond motifs is 1. The maximum Gasteiger partial charge on any atom is 0.316 e. The van der Waals surface area contributed by atoms with Crippen molar-refractivity contribution in [3.8, 4) is 6.01 Å². The van der Waals surface area contributed by atoms with Gasteiger partial charge in [-0.05, 0) is 60.1 Å². The molecule has 0 N–H and O–H groups in total. The van der Waals surface area contributed by atoms with E-state index in [1.54, 1.807) is 12.4 Å². The molecule has 1 saturated heterocycles. The molecule has 1 aliphatic heterocycles. The van der Waals surface area contributed by atoms with E-state index in [9.17, 15) is 0 Å². The Morgan fingerprint density at radius 1 is 1.24 bits per heavy atom. The highest BCUT2D eigenvalue weighted by molar-refractivity contribution is 9.10. The van der Waals surface area contributed by atoms with Gasteiger partial charge in [-0.25, -0.2) is 9.97 Å². The van der Waals surface area contributed by atoms with Crippen molar-refractivity contribution in [2.75, 3.05) is 19.7 Å². The zero-order valence-corrected chi connectivity index (χ0v) is 16.2. The van der Waals surface area contributed by atoms with Crippen molar-refractivity contribution >= 4 is 15.9 Å². The topological polar surface area (TPSA) is 56.1 Å². The largest absolute Gasteiger partial charge is 0.463 e. The molecule has 2 aliphatic rings. The Bertz CT molecular complexity index is 730. The van der Waals surface area contributed by atoms with E-state index in [0.717, 1.165) is 30.5 Å².